The van der Waals surface area contributed by atoms with Gasteiger partial charge in [0.05, 0.1) is 17.3 Å². The van der Waals surface area contributed by atoms with Crippen molar-refractivity contribution in [1.82, 2.24) is 19.7 Å². The average Bonchev–Trinajstić information content (AvgIpc) is 2.70. The van der Waals surface area contributed by atoms with Crippen LogP contribution in [0.1, 0.15) is 58.1 Å². The van der Waals surface area contributed by atoms with E-state index in [1.165, 1.54) is 0 Å². The molecule has 0 fully saturated rings. The maximum atomic E-state index is 4.65. The molecule has 17 heavy (non-hydrogen) atoms. The summed E-state index contributed by atoms with van der Waals surface area (Å²) in [5, 5.41) is 5.51. The molecule has 0 radical (unpaired) electrons. The van der Waals surface area contributed by atoms with Crippen molar-refractivity contribution in [3.63, 3.8) is 0 Å². The van der Waals surface area contributed by atoms with Gasteiger partial charge in [-0.3, -0.25) is 0 Å². The van der Waals surface area contributed by atoms with E-state index < -0.39 is 0 Å². The molecule has 0 aliphatic rings. The van der Waals surface area contributed by atoms with Gasteiger partial charge in [-0.25, -0.2) is 14.6 Å². The average molecular weight is 232 g/mol. The summed E-state index contributed by atoms with van der Waals surface area (Å²) < 4.78 is 1.97. The first kappa shape index (κ1) is 12.0. The Morgan fingerprint density at radius 3 is 2.41 bits per heavy atom. The number of hydrogen-bond donors (Lipinski definition) is 0. The van der Waals surface area contributed by atoms with Crippen LogP contribution in [0.2, 0.25) is 0 Å². The third-order valence-electron chi connectivity index (χ3n) is 2.89. The van der Waals surface area contributed by atoms with Crippen LogP contribution < -0.4 is 0 Å². The third kappa shape index (κ3) is 2.04. The van der Waals surface area contributed by atoms with Gasteiger partial charge in [0.2, 0.25) is 0 Å². The number of rotatable bonds is 3. The predicted molar refractivity (Wildman–Crippen MR) is 69.2 cm³/mol. The highest BCUT2D eigenvalue weighted by Gasteiger charge is 2.14. The maximum Gasteiger partial charge on any atom is 0.161 e. The summed E-state index contributed by atoms with van der Waals surface area (Å²) in [5.41, 5.74) is 2.07. The fourth-order valence-corrected chi connectivity index (χ4v) is 1.91. The molecule has 0 aliphatic carbocycles. The summed E-state index contributed by atoms with van der Waals surface area (Å²) in [6.07, 6.45) is 2.81. The Morgan fingerprint density at radius 1 is 1.18 bits per heavy atom. The van der Waals surface area contributed by atoms with Crippen LogP contribution in [-0.4, -0.2) is 19.7 Å². The first-order valence-corrected chi connectivity index (χ1v) is 6.28. The van der Waals surface area contributed by atoms with Crippen LogP contribution in [0.15, 0.2) is 6.20 Å². The Morgan fingerprint density at radius 2 is 1.88 bits per heavy atom. The normalized spacial score (nSPS) is 11.9. The van der Waals surface area contributed by atoms with Crippen molar-refractivity contribution in [2.45, 2.75) is 53.0 Å². The van der Waals surface area contributed by atoms with Gasteiger partial charge in [0, 0.05) is 12.0 Å². The van der Waals surface area contributed by atoms with E-state index in [2.05, 4.69) is 49.7 Å². The molecule has 0 saturated heterocycles. The van der Waals surface area contributed by atoms with Crippen LogP contribution in [0.4, 0.5) is 0 Å². The Labute approximate surface area is 102 Å². The molecule has 2 heterocycles. The molecule has 0 bridgehead atoms. The quantitative estimate of drug-likeness (QED) is 0.816. The fourth-order valence-electron chi connectivity index (χ4n) is 1.91. The summed E-state index contributed by atoms with van der Waals surface area (Å²) in [6.45, 7) is 10.6. The van der Waals surface area contributed by atoms with Crippen LogP contribution in [-0.2, 0) is 6.42 Å². The number of aryl methyl sites for hydroxylation is 1. The van der Waals surface area contributed by atoms with Gasteiger partial charge in [0.25, 0.3) is 0 Å². The smallest absolute Gasteiger partial charge is 0.161 e. The molecule has 2 aromatic heterocycles. The zero-order valence-electron chi connectivity index (χ0n) is 11.2. The van der Waals surface area contributed by atoms with Gasteiger partial charge < -0.3 is 0 Å². The van der Waals surface area contributed by atoms with Crippen molar-refractivity contribution < 1.29 is 0 Å². The third-order valence-corrected chi connectivity index (χ3v) is 2.89. The highest BCUT2D eigenvalue weighted by Crippen LogP contribution is 2.21. The number of aromatic nitrogens is 4. The topological polar surface area (TPSA) is 43.6 Å². The highest BCUT2D eigenvalue weighted by molar-refractivity contribution is 5.77. The van der Waals surface area contributed by atoms with Gasteiger partial charge in [-0.2, -0.15) is 5.10 Å². The molecule has 4 heteroatoms. The Balaban J connectivity index is 2.72. The summed E-state index contributed by atoms with van der Waals surface area (Å²) in [6, 6.07) is 0.326. The van der Waals surface area contributed by atoms with E-state index in [1.807, 2.05) is 10.9 Å². The van der Waals surface area contributed by atoms with Crippen molar-refractivity contribution in [2.75, 3.05) is 0 Å². The van der Waals surface area contributed by atoms with Gasteiger partial charge in [-0.15, -0.1) is 0 Å². The first-order chi connectivity index (χ1) is 8.04. The first-order valence-electron chi connectivity index (χ1n) is 6.28. The van der Waals surface area contributed by atoms with E-state index in [9.17, 15) is 0 Å². The molecule has 2 rings (SSSR count). The van der Waals surface area contributed by atoms with Crippen LogP contribution >= 0.6 is 0 Å². The van der Waals surface area contributed by atoms with E-state index in [4.69, 9.17) is 0 Å². The Kier molecular flexibility index (Phi) is 3.13. The van der Waals surface area contributed by atoms with Crippen LogP contribution in [0.25, 0.3) is 11.0 Å². The minimum atomic E-state index is 0.326. The minimum absolute atomic E-state index is 0.326. The predicted octanol–water partition coefficient (Wildman–Crippen LogP) is 3.09. The number of nitrogens with zero attached hydrogens (tertiary/aromatic N) is 4. The standard InChI is InChI=1S/C13H20N4/c1-6-11-10-7-14-17(9(4)5)13(10)16-12(15-11)8(2)3/h7-9H,6H2,1-5H3. The molecule has 0 amide bonds. The van der Waals surface area contributed by atoms with Gasteiger partial charge >= 0.3 is 0 Å². The van der Waals surface area contributed by atoms with Crippen LogP contribution in [0, 0.1) is 0 Å². The molecule has 2 aromatic rings. The molecule has 4 nitrogen and oxygen atoms in total. The molecule has 0 N–H and O–H groups in total. The summed E-state index contributed by atoms with van der Waals surface area (Å²) in [5.74, 6) is 1.26. The lowest BCUT2D eigenvalue weighted by molar-refractivity contribution is 0.544. The second kappa shape index (κ2) is 4.43. The van der Waals surface area contributed by atoms with E-state index in [0.29, 0.717) is 12.0 Å². The molecule has 0 atom stereocenters. The van der Waals surface area contributed by atoms with Crippen molar-refractivity contribution >= 4 is 11.0 Å². The van der Waals surface area contributed by atoms with Crippen molar-refractivity contribution in [3.05, 3.63) is 17.7 Å². The van der Waals surface area contributed by atoms with Gasteiger partial charge in [0.15, 0.2) is 5.65 Å². The zero-order valence-corrected chi connectivity index (χ0v) is 11.2. The van der Waals surface area contributed by atoms with Crippen LogP contribution in [0.5, 0.6) is 0 Å². The molecule has 92 valence electrons. The molecular weight excluding hydrogens is 212 g/mol. The van der Waals surface area contributed by atoms with Crippen molar-refractivity contribution in [1.29, 1.82) is 0 Å². The monoisotopic (exact) mass is 232 g/mol. The van der Waals surface area contributed by atoms with E-state index in [-0.39, 0.29) is 0 Å². The number of fused-ring (bicyclic) bond motifs is 1. The summed E-state index contributed by atoms with van der Waals surface area (Å²) in [7, 11) is 0. The van der Waals surface area contributed by atoms with E-state index in [1.54, 1.807) is 0 Å². The van der Waals surface area contributed by atoms with Crippen LogP contribution in [0.3, 0.4) is 0 Å². The second-order valence-corrected chi connectivity index (χ2v) is 4.96. The second-order valence-electron chi connectivity index (χ2n) is 4.96. The Hall–Kier alpha value is -1.45. The molecule has 0 aromatic carbocycles. The molecule has 0 spiro atoms. The lowest BCUT2D eigenvalue weighted by Crippen LogP contribution is -2.07. The highest BCUT2D eigenvalue weighted by atomic mass is 15.3. The van der Waals surface area contributed by atoms with Crippen molar-refractivity contribution in [2.24, 2.45) is 0 Å². The van der Waals surface area contributed by atoms with Gasteiger partial charge in [0.1, 0.15) is 5.82 Å². The maximum absolute atomic E-state index is 4.65. The number of hydrogen-bond acceptors (Lipinski definition) is 3. The lowest BCUT2D eigenvalue weighted by atomic mass is 10.1. The van der Waals surface area contributed by atoms with E-state index >= 15 is 0 Å². The lowest BCUT2D eigenvalue weighted by Gasteiger charge is -2.10. The largest absolute Gasteiger partial charge is 0.245 e. The summed E-state index contributed by atoms with van der Waals surface area (Å²) in [4.78, 5) is 9.28. The fraction of sp³-hybridized carbons (Fsp3) is 0.615. The minimum Gasteiger partial charge on any atom is -0.245 e. The molecular formula is C13H20N4. The molecule has 0 unspecified atom stereocenters. The van der Waals surface area contributed by atoms with Gasteiger partial charge in [-0.05, 0) is 20.3 Å². The van der Waals surface area contributed by atoms with E-state index in [0.717, 1.165) is 29.0 Å². The zero-order chi connectivity index (χ0) is 12.6. The SMILES string of the molecule is CCc1nc(C(C)C)nc2c1cnn2C(C)C. The van der Waals surface area contributed by atoms with Gasteiger partial charge in [-0.1, -0.05) is 20.8 Å². The summed E-state index contributed by atoms with van der Waals surface area (Å²) >= 11 is 0. The molecule has 0 aliphatic heterocycles. The molecule has 0 saturated carbocycles. The van der Waals surface area contributed by atoms with Crippen molar-refractivity contribution in [3.8, 4) is 0 Å². The Bertz CT molecular complexity index is 525.